The average molecular weight is 736 g/mol. The van der Waals surface area contributed by atoms with Crippen LogP contribution in [0.25, 0.3) is 11.0 Å². The molecule has 0 amide bonds. The molecule has 1 aromatic carbocycles. The predicted octanol–water partition coefficient (Wildman–Crippen LogP) is 4.15. The first kappa shape index (κ1) is 36.0. The predicted molar refractivity (Wildman–Crippen MR) is 169 cm³/mol. The largest absolute Gasteiger partial charge is 0.490 e. The van der Waals surface area contributed by atoms with Gasteiger partial charge in [-0.3, -0.25) is 9.97 Å². The summed E-state index contributed by atoms with van der Waals surface area (Å²) in [7, 11) is 0. The number of benzene rings is 1. The fraction of sp³-hybridized carbons (Fsp3) is 0.172. The van der Waals surface area contributed by atoms with Crippen LogP contribution in [0.2, 0.25) is 0 Å². The summed E-state index contributed by atoms with van der Waals surface area (Å²) < 4.78 is 63.5. The van der Waals surface area contributed by atoms with Gasteiger partial charge in [-0.05, 0) is 43.3 Å². The molecule has 6 heterocycles. The Hall–Kier alpha value is -6.32. The Labute approximate surface area is 285 Å². The molecule has 0 spiro atoms. The number of aromatic nitrogens is 5. The lowest BCUT2D eigenvalue weighted by Gasteiger charge is -2.36. The minimum atomic E-state index is -5.08. The van der Waals surface area contributed by atoms with Crippen molar-refractivity contribution in [3.8, 4) is 0 Å². The maximum atomic E-state index is 10.6. The van der Waals surface area contributed by atoms with Crippen molar-refractivity contribution in [3.05, 3.63) is 95.5 Å². The molecule has 0 bridgehead atoms. The number of halogens is 6. The van der Waals surface area contributed by atoms with Crippen molar-refractivity contribution in [2.75, 3.05) is 0 Å². The zero-order chi connectivity index (χ0) is 37.0. The van der Waals surface area contributed by atoms with E-state index in [2.05, 4.69) is 36.2 Å². The van der Waals surface area contributed by atoms with Crippen LogP contribution in [0.4, 0.5) is 37.4 Å². The standard InChI is InChI=1S/C25H21N11S.2C2HF3O2/c1-15-14-37-23(28-15)32-22-35-24(18-10-4-6-12-26-18)25(36-22,19-11-5-7-13-27-19)34-21(33-24)31-20-29-16-8-2-3-9-17(16)30-20;2*3-2(4,5)1(6)7/h2-14H,1H3,(H2,28,32,35,36)(H3,29,30,31,33,34);2*(H,6,7). The highest BCUT2D eigenvalue weighted by Gasteiger charge is 2.67. The summed E-state index contributed by atoms with van der Waals surface area (Å²) in [6, 6.07) is 19.3. The summed E-state index contributed by atoms with van der Waals surface area (Å²) in [5, 5.41) is 31.0. The number of imidazole rings is 1. The van der Waals surface area contributed by atoms with E-state index in [4.69, 9.17) is 39.8 Å². The van der Waals surface area contributed by atoms with Crippen LogP contribution in [0.5, 0.6) is 0 Å². The average Bonchev–Trinajstić information content (AvgIpc) is 3.82. The minimum absolute atomic E-state index is 0.468. The number of carboxylic acids is 2. The number of guanidine groups is 2. The highest BCUT2D eigenvalue weighted by molar-refractivity contribution is 7.13. The Morgan fingerprint density at radius 1 is 0.725 bits per heavy atom. The third-order valence-corrected chi connectivity index (χ3v) is 7.63. The SMILES string of the molecule is Cc1csc(N=C2NC3(c4ccccn4)NC(=Nc4nc5ccccc5[nH]4)NC3(c3ccccn3)N2)n1.O=C(O)C(F)(F)F.O=C(O)C(F)(F)F. The number of carbonyl (C=O) groups is 2. The number of aliphatic carboxylic acids is 2. The van der Waals surface area contributed by atoms with Gasteiger partial charge in [-0.2, -0.15) is 36.3 Å². The molecule has 4 aromatic heterocycles. The van der Waals surface area contributed by atoms with Gasteiger partial charge in [0.15, 0.2) is 0 Å². The highest BCUT2D eigenvalue weighted by atomic mass is 32.1. The van der Waals surface area contributed by atoms with Crippen molar-refractivity contribution in [1.29, 1.82) is 0 Å². The Balaban J connectivity index is 0.000000307. The number of thiazole rings is 1. The second-order valence-electron chi connectivity index (χ2n) is 10.3. The van der Waals surface area contributed by atoms with E-state index in [1.807, 2.05) is 73.0 Å². The van der Waals surface area contributed by atoms with Crippen molar-refractivity contribution in [2.24, 2.45) is 9.98 Å². The summed E-state index contributed by atoms with van der Waals surface area (Å²) >= 11 is 1.47. The Morgan fingerprint density at radius 2 is 1.20 bits per heavy atom. The quantitative estimate of drug-likeness (QED) is 0.130. The summed E-state index contributed by atoms with van der Waals surface area (Å²) in [5.41, 5.74) is 2.04. The van der Waals surface area contributed by atoms with E-state index in [1.54, 1.807) is 12.4 Å². The van der Waals surface area contributed by atoms with Crippen molar-refractivity contribution in [2.45, 2.75) is 30.6 Å². The fourth-order valence-electron chi connectivity index (χ4n) is 4.72. The Kier molecular flexibility index (Phi) is 9.80. The summed E-state index contributed by atoms with van der Waals surface area (Å²) in [6.45, 7) is 1.94. The maximum Gasteiger partial charge on any atom is 0.490 e. The summed E-state index contributed by atoms with van der Waals surface area (Å²) in [4.78, 5) is 49.1. The number of nitrogens with zero attached hydrogens (tertiary/aromatic N) is 6. The van der Waals surface area contributed by atoms with Gasteiger partial charge < -0.3 is 36.5 Å². The van der Waals surface area contributed by atoms with Crippen LogP contribution in [0, 0.1) is 6.92 Å². The van der Waals surface area contributed by atoms with E-state index in [0.29, 0.717) is 23.0 Å². The van der Waals surface area contributed by atoms with Crippen molar-refractivity contribution in [1.82, 2.24) is 46.2 Å². The van der Waals surface area contributed by atoms with E-state index in [1.165, 1.54) is 11.3 Å². The smallest absolute Gasteiger partial charge is 0.475 e. The number of aryl methyl sites for hydroxylation is 1. The van der Waals surface area contributed by atoms with Crippen molar-refractivity contribution >= 4 is 57.3 Å². The third-order valence-electron chi connectivity index (χ3n) is 6.78. The number of alkyl halides is 6. The molecule has 2 saturated heterocycles. The molecule has 0 aliphatic carbocycles. The summed E-state index contributed by atoms with van der Waals surface area (Å²) in [5.74, 6) is -4.04. The van der Waals surface area contributed by atoms with Gasteiger partial charge in [0, 0.05) is 17.8 Å². The second kappa shape index (κ2) is 13.9. The maximum absolute atomic E-state index is 10.6. The van der Waals surface area contributed by atoms with Crippen LogP contribution in [-0.2, 0) is 20.9 Å². The molecule has 2 aliphatic rings. The lowest BCUT2D eigenvalue weighted by atomic mass is 9.88. The van der Waals surface area contributed by atoms with E-state index in [0.717, 1.165) is 28.1 Å². The molecular weight excluding hydrogens is 712 g/mol. The van der Waals surface area contributed by atoms with E-state index < -0.39 is 35.6 Å². The molecule has 22 heteroatoms. The van der Waals surface area contributed by atoms with Crippen molar-refractivity contribution < 1.29 is 46.1 Å². The molecule has 51 heavy (non-hydrogen) atoms. The van der Waals surface area contributed by atoms with Gasteiger partial charge in [-0.15, -0.1) is 11.3 Å². The van der Waals surface area contributed by atoms with Crippen molar-refractivity contribution in [3.63, 3.8) is 0 Å². The first-order valence-corrected chi connectivity index (χ1v) is 15.0. The number of carboxylic acid groups (broad SMARTS) is 2. The number of nitrogens with one attached hydrogen (secondary N) is 5. The molecule has 266 valence electrons. The van der Waals surface area contributed by atoms with Gasteiger partial charge in [0.05, 0.1) is 28.1 Å². The molecule has 7 rings (SSSR count). The van der Waals surface area contributed by atoms with Crippen LogP contribution in [0.15, 0.2) is 88.4 Å². The molecule has 7 N–H and O–H groups in total. The highest BCUT2D eigenvalue weighted by Crippen LogP contribution is 2.42. The number of fused-ring (bicyclic) bond motifs is 2. The summed E-state index contributed by atoms with van der Waals surface area (Å²) in [6.07, 6.45) is -6.66. The molecule has 0 saturated carbocycles. The lowest BCUT2D eigenvalue weighted by Crippen LogP contribution is -2.61. The second-order valence-corrected chi connectivity index (χ2v) is 11.1. The van der Waals surface area contributed by atoms with Gasteiger partial charge in [-0.25, -0.2) is 19.6 Å². The van der Waals surface area contributed by atoms with E-state index >= 15 is 0 Å². The number of rotatable bonds is 4. The van der Waals surface area contributed by atoms with Gasteiger partial charge >= 0.3 is 24.3 Å². The lowest BCUT2D eigenvalue weighted by molar-refractivity contribution is -0.193. The molecule has 2 unspecified atom stereocenters. The number of hydrogen-bond donors (Lipinski definition) is 7. The molecule has 2 fully saturated rings. The zero-order valence-corrected chi connectivity index (χ0v) is 26.4. The number of aromatic amines is 1. The van der Waals surface area contributed by atoms with Crippen LogP contribution in [0.1, 0.15) is 17.1 Å². The van der Waals surface area contributed by atoms with Crippen LogP contribution in [0.3, 0.4) is 0 Å². The van der Waals surface area contributed by atoms with Crippen LogP contribution < -0.4 is 21.3 Å². The van der Waals surface area contributed by atoms with Gasteiger partial charge in [0.2, 0.25) is 34.3 Å². The molecule has 2 aliphatic heterocycles. The van der Waals surface area contributed by atoms with Gasteiger partial charge in [-0.1, -0.05) is 24.3 Å². The molecule has 2 atom stereocenters. The molecule has 0 radical (unpaired) electrons. The van der Waals surface area contributed by atoms with Gasteiger partial charge in [0.1, 0.15) is 0 Å². The number of aliphatic imine (C=N–C) groups is 2. The molecule has 15 nitrogen and oxygen atoms in total. The van der Waals surface area contributed by atoms with Crippen LogP contribution in [-0.4, -0.2) is 71.3 Å². The van der Waals surface area contributed by atoms with Crippen LogP contribution >= 0.6 is 11.3 Å². The first-order valence-electron chi connectivity index (χ1n) is 14.1. The first-order chi connectivity index (χ1) is 24.0. The Morgan fingerprint density at radius 3 is 1.61 bits per heavy atom. The minimum Gasteiger partial charge on any atom is -0.475 e. The molecular formula is C29H23F6N11O4S. The Bertz CT molecular complexity index is 1970. The monoisotopic (exact) mass is 735 g/mol. The molecule has 5 aromatic rings. The fourth-order valence-corrected chi connectivity index (χ4v) is 5.39. The zero-order valence-electron chi connectivity index (χ0n) is 25.6. The van der Waals surface area contributed by atoms with E-state index in [9.17, 15) is 26.3 Å². The van der Waals surface area contributed by atoms with E-state index in [-0.39, 0.29) is 0 Å². The topological polar surface area (TPSA) is 215 Å². The normalized spacial score (nSPS) is 19.1. The number of hydrogen-bond acceptors (Lipinski definition) is 9. The third kappa shape index (κ3) is 7.79. The number of para-hydroxylation sites is 2. The van der Waals surface area contributed by atoms with Gasteiger partial charge in [0.25, 0.3) is 0 Å². The number of H-pyrrole nitrogens is 1. The number of pyridine rings is 2.